The van der Waals surface area contributed by atoms with Crippen LogP contribution in [0.15, 0.2) is 17.6 Å². The number of rotatable bonds is 3. The molecule has 4 nitrogen and oxygen atoms in total. The Balaban J connectivity index is 1.87. The van der Waals surface area contributed by atoms with Crippen LogP contribution in [0.5, 0.6) is 0 Å². The van der Waals surface area contributed by atoms with Gasteiger partial charge in [0.1, 0.15) is 0 Å². The number of amides is 1. The molecular formula is C14H14ClN3OS. The monoisotopic (exact) mass is 307 g/mol. The zero-order valence-corrected chi connectivity index (χ0v) is 12.7. The van der Waals surface area contributed by atoms with E-state index in [-0.39, 0.29) is 11.9 Å². The summed E-state index contributed by atoms with van der Waals surface area (Å²) in [6, 6.07) is 3.88. The van der Waals surface area contributed by atoms with Gasteiger partial charge in [-0.15, -0.1) is 11.3 Å². The lowest BCUT2D eigenvalue weighted by Crippen LogP contribution is -2.07. The van der Waals surface area contributed by atoms with Crippen LogP contribution in [0.3, 0.4) is 0 Å². The van der Waals surface area contributed by atoms with E-state index in [1.165, 1.54) is 4.88 Å². The molecule has 1 aromatic carbocycles. The molecule has 3 rings (SSSR count). The number of hydrogen-bond donors (Lipinski definition) is 2. The fourth-order valence-electron chi connectivity index (χ4n) is 2.38. The van der Waals surface area contributed by atoms with Crippen LogP contribution < -0.4 is 10.6 Å². The fourth-order valence-corrected chi connectivity index (χ4v) is 3.41. The SMILES string of the molecule is Cc1ncsc1C(C)Nc1cc2c(cc1Cl)NC(=O)C2. The fraction of sp³-hybridized carbons (Fsp3) is 0.286. The van der Waals surface area contributed by atoms with Gasteiger partial charge in [-0.3, -0.25) is 4.79 Å². The summed E-state index contributed by atoms with van der Waals surface area (Å²) in [7, 11) is 0. The summed E-state index contributed by atoms with van der Waals surface area (Å²) in [6.07, 6.45) is 0.412. The molecule has 20 heavy (non-hydrogen) atoms. The first kappa shape index (κ1) is 13.4. The largest absolute Gasteiger partial charge is 0.376 e. The first-order chi connectivity index (χ1) is 9.54. The van der Waals surface area contributed by atoms with Crippen molar-refractivity contribution < 1.29 is 4.79 Å². The minimum Gasteiger partial charge on any atom is -0.376 e. The Kier molecular flexibility index (Phi) is 3.40. The number of anilines is 2. The average molecular weight is 308 g/mol. The second kappa shape index (κ2) is 5.07. The van der Waals surface area contributed by atoms with Gasteiger partial charge < -0.3 is 10.6 Å². The van der Waals surface area contributed by atoms with E-state index in [2.05, 4.69) is 22.5 Å². The van der Waals surface area contributed by atoms with Gasteiger partial charge in [0.2, 0.25) is 5.91 Å². The first-order valence-electron chi connectivity index (χ1n) is 6.33. The smallest absolute Gasteiger partial charge is 0.228 e. The number of hydrogen-bond acceptors (Lipinski definition) is 4. The number of carbonyl (C=O) groups is 1. The van der Waals surface area contributed by atoms with E-state index in [1.807, 2.05) is 18.5 Å². The van der Waals surface area contributed by atoms with E-state index in [0.29, 0.717) is 11.4 Å². The zero-order valence-electron chi connectivity index (χ0n) is 11.2. The van der Waals surface area contributed by atoms with E-state index in [0.717, 1.165) is 22.6 Å². The van der Waals surface area contributed by atoms with Gasteiger partial charge in [0.05, 0.1) is 34.4 Å². The van der Waals surface area contributed by atoms with Gasteiger partial charge in [0.15, 0.2) is 0 Å². The maximum atomic E-state index is 11.4. The van der Waals surface area contributed by atoms with E-state index in [4.69, 9.17) is 11.6 Å². The van der Waals surface area contributed by atoms with Crippen LogP contribution in [-0.2, 0) is 11.2 Å². The minimum atomic E-state index is 0.0135. The van der Waals surface area contributed by atoms with Gasteiger partial charge in [-0.1, -0.05) is 11.6 Å². The van der Waals surface area contributed by atoms with Gasteiger partial charge in [-0.2, -0.15) is 0 Å². The normalized spacial score (nSPS) is 14.8. The highest BCUT2D eigenvalue weighted by molar-refractivity contribution is 7.09. The number of carbonyl (C=O) groups excluding carboxylic acids is 1. The Labute approximate surface area is 126 Å². The van der Waals surface area contributed by atoms with Crippen molar-refractivity contribution >= 4 is 40.2 Å². The van der Waals surface area contributed by atoms with Crippen LogP contribution >= 0.6 is 22.9 Å². The third-order valence-corrected chi connectivity index (χ3v) is 4.79. The highest BCUT2D eigenvalue weighted by Crippen LogP contribution is 2.35. The van der Waals surface area contributed by atoms with E-state index in [9.17, 15) is 4.79 Å². The van der Waals surface area contributed by atoms with Crippen molar-refractivity contribution in [2.24, 2.45) is 0 Å². The van der Waals surface area contributed by atoms with Crippen molar-refractivity contribution in [1.82, 2.24) is 4.98 Å². The van der Waals surface area contributed by atoms with Gasteiger partial charge in [-0.05, 0) is 31.5 Å². The number of aromatic nitrogens is 1. The summed E-state index contributed by atoms with van der Waals surface area (Å²) >= 11 is 7.90. The van der Waals surface area contributed by atoms with Gasteiger partial charge >= 0.3 is 0 Å². The van der Waals surface area contributed by atoms with Crippen molar-refractivity contribution in [2.45, 2.75) is 26.3 Å². The second-order valence-corrected chi connectivity index (χ2v) is 6.18. The molecule has 0 radical (unpaired) electrons. The molecule has 1 unspecified atom stereocenters. The Morgan fingerprint density at radius 3 is 3.00 bits per heavy atom. The Bertz CT molecular complexity index is 683. The summed E-state index contributed by atoms with van der Waals surface area (Å²) < 4.78 is 0. The predicted molar refractivity (Wildman–Crippen MR) is 82.7 cm³/mol. The van der Waals surface area contributed by atoms with Gasteiger partial charge in [0, 0.05) is 10.6 Å². The Morgan fingerprint density at radius 2 is 2.30 bits per heavy atom. The van der Waals surface area contributed by atoms with Crippen molar-refractivity contribution in [2.75, 3.05) is 10.6 Å². The van der Waals surface area contributed by atoms with Gasteiger partial charge in [0.25, 0.3) is 0 Å². The molecule has 1 aliphatic rings. The summed E-state index contributed by atoms with van der Waals surface area (Å²) in [6.45, 7) is 4.07. The molecule has 1 amide bonds. The van der Waals surface area contributed by atoms with Crippen LogP contribution in [0.1, 0.15) is 29.1 Å². The number of benzene rings is 1. The van der Waals surface area contributed by atoms with Crippen molar-refractivity contribution in [3.05, 3.63) is 38.8 Å². The second-order valence-electron chi connectivity index (χ2n) is 4.88. The number of nitrogens with zero attached hydrogens (tertiary/aromatic N) is 1. The number of halogens is 1. The van der Waals surface area contributed by atoms with Crippen LogP contribution in [-0.4, -0.2) is 10.9 Å². The molecule has 2 aromatic rings. The summed E-state index contributed by atoms with van der Waals surface area (Å²) in [5, 5.41) is 6.80. The molecule has 6 heteroatoms. The highest BCUT2D eigenvalue weighted by Gasteiger charge is 2.20. The molecule has 0 fully saturated rings. The number of fused-ring (bicyclic) bond motifs is 1. The molecule has 2 heterocycles. The van der Waals surface area contributed by atoms with Crippen LogP contribution in [0, 0.1) is 6.92 Å². The van der Waals surface area contributed by atoms with Crippen molar-refractivity contribution in [3.8, 4) is 0 Å². The number of nitrogens with one attached hydrogen (secondary N) is 2. The molecule has 2 N–H and O–H groups in total. The zero-order chi connectivity index (χ0) is 14.3. The van der Waals surface area contributed by atoms with E-state index in [1.54, 1.807) is 17.4 Å². The first-order valence-corrected chi connectivity index (χ1v) is 7.59. The maximum absolute atomic E-state index is 11.4. The molecule has 1 atom stereocenters. The molecule has 0 aliphatic carbocycles. The molecule has 0 saturated carbocycles. The lowest BCUT2D eigenvalue weighted by Gasteiger charge is -2.16. The lowest BCUT2D eigenvalue weighted by atomic mass is 10.1. The van der Waals surface area contributed by atoms with Crippen LogP contribution in [0.4, 0.5) is 11.4 Å². The molecular weight excluding hydrogens is 294 g/mol. The van der Waals surface area contributed by atoms with Crippen molar-refractivity contribution in [3.63, 3.8) is 0 Å². The number of thiazole rings is 1. The summed E-state index contributed by atoms with van der Waals surface area (Å²) in [4.78, 5) is 16.8. The molecule has 104 valence electrons. The van der Waals surface area contributed by atoms with Crippen LogP contribution in [0.2, 0.25) is 5.02 Å². The lowest BCUT2D eigenvalue weighted by molar-refractivity contribution is -0.115. The quantitative estimate of drug-likeness (QED) is 0.907. The Morgan fingerprint density at radius 1 is 1.50 bits per heavy atom. The Hall–Kier alpha value is -1.59. The van der Waals surface area contributed by atoms with Gasteiger partial charge in [-0.25, -0.2) is 4.98 Å². The summed E-state index contributed by atoms with van der Waals surface area (Å²) in [5.74, 6) is 0.0135. The molecule has 0 saturated heterocycles. The van der Waals surface area contributed by atoms with Crippen LogP contribution in [0.25, 0.3) is 0 Å². The number of aryl methyl sites for hydroxylation is 1. The minimum absolute atomic E-state index is 0.0135. The maximum Gasteiger partial charge on any atom is 0.228 e. The third-order valence-electron chi connectivity index (χ3n) is 3.37. The molecule has 0 spiro atoms. The topological polar surface area (TPSA) is 54.0 Å². The third kappa shape index (κ3) is 2.39. The standard InChI is InChI=1S/C14H14ClN3OS/c1-7-14(20-6-16-7)8(2)17-12-3-9-4-13(19)18-11(9)5-10(12)15/h3,5-6,8,17H,4H2,1-2H3,(H,18,19). The molecule has 1 aliphatic heterocycles. The van der Waals surface area contributed by atoms with E-state index >= 15 is 0 Å². The highest BCUT2D eigenvalue weighted by atomic mass is 35.5. The summed E-state index contributed by atoms with van der Waals surface area (Å²) in [5.41, 5.74) is 5.52. The molecule has 1 aromatic heterocycles. The molecule has 0 bridgehead atoms. The average Bonchev–Trinajstić information content (AvgIpc) is 2.94. The van der Waals surface area contributed by atoms with Crippen molar-refractivity contribution in [1.29, 1.82) is 0 Å². The predicted octanol–water partition coefficient (Wildman–Crippen LogP) is 3.77. The van der Waals surface area contributed by atoms with E-state index < -0.39 is 0 Å².